The highest BCUT2D eigenvalue weighted by molar-refractivity contribution is 5.93. The monoisotopic (exact) mass is 276 g/mol. The van der Waals surface area contributed by atoms with Crippen LogP contribution in [0.5, 0.6) is 0 Å². The number of rotatable bonds is 4. The van der Waals surface area contributed by atoms with Crippen molar-refractivity contribution in [3.8, 4) is 0 Å². The molecular weight excluding hydrogens is 252 g/mol. The number of nitrogens with two attached hydrogens (primary N) is 1. The van der Waals surface area contributed by atoms with Crippen LogP contribution in [0, 0.1) is 5.92 Å². The van der Waals surface area contributed by atoms with Gasteiger partial charge in [0.1, 0.15) is 5.82 Å². The standard InChI is InChI=1S/C15H24N4O/c1-19(2)15(20)12-5-8-14(18-10-12)17-9-11-3-6-13(16)7-4-11/h5,8,10-11,13H,3-4,6-7,9,16H2,1-2H3,(H,17,18). The zero-order valence-electron chi connectivity index (χ0n) is 12.3. The van der Waals surface area contributed by atoms with Gasteiger partial charge >= 0.3 is 0 Å². The van der Waals surface area contributed by atoms with E-state index in [4.69, 9.17) is 5.73 Å². The zero-order chi connectivity index (χ0) is 14.5. The molecule has 2 rings (SSSR count). The lowest BCUT2D eigenvalue weighted by molar-refractivity contribution is 0.0827. The Hall–Kier alpha value is -1.62. The number of hydrogen-bond donors (Lipinski definition) is 2. The van der Waals surface area contributed by atoms with Crippen LogP contribution in [0.2, 0.25) is 0 Å². The first-order valence-electron chi connectivity index (χ1n) is 7.23. The Morgan fingerprint density at radius 1 is 1.35 bits per heavy atom. The molecule has 0 unspecified atom stereocenters. The van der Waals surface area contributed by atoms with Crippen LogP contribution < -0.4 is 11.1 Å². The van der Waals surface area contributed by atoms with Gasteiger partial charge < -0.3 is 16.0 Å². The smallest absolute Gasteiger partial charge is 0.254 e. The third-order valence-electron chi connectivity index (χ3n) is 3.88. The summed E-state index contributed by atoms with van der Waals surface area (Å²) in [6.45, 7) is 0.931. The minimum Gasteiger partial charge on any atom is -0.370 e. The summed E-state index contributed by atoms with van der Waals surface area (Å²) >= 11 is 0. The summed E-state index contributed by atoms with van der Waals surface area (Å²) in [6, 6.07) is 4.07. The molecular formula is C15H24N4O. The predicted octanol–water partition coefficient (Wildman–Crippen LogP) is 1.71. The molecule has 3 N–H and O–H groups in total. The van der Waals surface area contributed by atoms with Gasteiger partial charge in [0.05, 0.1) is 5.56 Å². The third-order valence-corrected chi connectivity index (χ3v) is 3.88. The molecule has 1 aromatic rings. The van der Waals surface area contributed by atoms with Crippen LogP contribution in [0.25, 0.3) is 0 Å². The summed E-state index contributed by atoms with van der Waals surface area (Å²) in [5.41, 5.74) is 6.52. The van der Waals surface area contributed by atoms with Crippen LogP contribution in [0.15, 0.2) is 18.3 Å². The second kappa shape index (κ2) is 6.70. The van der Waals surface area contributed by atoms with Crippen LogP contribution >= 0.6 is 0 Å². The first-order valence-corrected chi connectivity index (χ1v) is 7.23. The molecule has 1 amide bonds. The molecule has 0 radical (unpaired) electrons. The molecule has 0 aliphatic heterocycles. The lowest BCUT2D eigenvalue weighted by Crippen LogP contribution is -2.29. The van der Waals surface area contributed by atoms with Gasteiger partial charge in [-0.15, -0.1) is 0 Å². The minimum absolute atomic E-state index is 0.0229. The SMILES string of the molecule is CN(C)C(=O)c1ccc(NCC2CCC(N)CC2)nc1. The molecule has 0 spiro atoms. The lowest BCUT2D eigenvalue weighted by atomic mass is 9.86. The highest BCUT2D eigenvalue weighted by atomic mass is 16.2. The molecule has 0 bridgehead atoms. The highest BCUT2D eigenvalue weighted by Crippen LogP contribution is 2.23. The Morgan fingerprint density at radius 3 is 2.60 bits per heavy atom. The van der Waals surface area contributed by atoms with Crippen molar-refractivity contribution in [2.75, 3.05) is 26.0 Å². The number of anilines is 1. The number of pyridine rings is 1. The van der Waals surface area contributed by atoms with E-state index in [0.717, 1.165) is 25.2 Å². The van der Waals surface area contributed by atoms with Crippen molar-refractivity contribution in [1.29, 1.82) is 0 Å². The Balaban J connectivity index is 1.83. The topological polar surface area (TPSA) is 71.2 Å². The fourth-order valence-corrected chi connectivity index (χ4v) is 2.52. The maximum atomic E-state index is 11.7. The van der Waals surface area contributed by atoms with Crippen molar-refractivity contribution in [1.82, 2.24) is 9.88 Å². The number of amides is 1. The van der Waals surface area contributed by atoms with E-state index in [1.54, 1.807) is 25.2 Å². The Bertz CT molecular complexity index is 436. The number of nitrogens with one attached hydrogen (secondary N) is 1. The second-order valence-corrected chi connectivity index (χ2v) is 5.79. The van der Waals surface area contributed by atoms with Crippen molar-refractivity contribution in [2.24, 2.45) is 11.7 Å². The van der Waals surface area contributed by atoms with Crippen LogP contribution in [-0.4, -0.2) is 42.5 Å². The van der Waals surface area contributed by atoms with Crippen LogP contribution in [0.1, 0.15) is 36.0 Å². The van der Waals surface area contributed by atoms with Crippen molar-refractivity contribution < 1.29 is 4.79 Å². The second-order valence-electron chi connectivity index (χ2n) is 5.79. The molecule has 5 nitrogen and oxygen atoms in total. The summed E-state index contributed by atoms with van der Waals surface area (Å²) in [7, 11) is 3.48. The van der Waals surface area contributed by atoms with Gasteiger partial charge in [-0.2, -0.15) is 0 Å². The van der Waals surface area contributed by atoms with E-state index in [2.05, 4.69) is 10.3 Å². The predicted molar refractivity (Wildman–Crippen MR) is 80.7 cm³/mol. The number of carbonyl (C=O) groups is 1. The molecule has 1 aliphatic rings. The molecule has 0 aromatic carbocycles. The summed E-state index contributed by atoms with van der Waals surface area (Å²) in [4.78, 5) is 17.6. The Kier molecular flexibility index (Phi) is 4.95. The fraction of sp³-hybridized carbons (Fsp3) is 0.600. The number of nitrogens with zero attached hydrogens (tertiary/aromatic N) is 2. The van der Waals surface area contributed by atoms with E-state index in [-0.39, 0.29) is 5.91 Å². The summed E-state index contributed by atoms with van der Waals surface area (Å²) in [6.07, 6.45) is 6.24. The molecule has 1 fully saturated rings. The van der Waals surface area contributed by atoms with Crippen LogP contribution in [-0.2, 0) is 0 Å². The maximum Gasteiger partial charge on any atom is 0.254 e. The fourth-order valence-electron chi connectivity index (χ4n) is 2.52. The van der Waals surface area contributed by atoms with Gasteiger partial charge in [-0.1, -0.05) is 0 Å². The van der Waals surface area contributed by atoms with Gasteiger partial charge in [-0.3, -0.25) is 4.79 Å². The summed E-state index contributed by atoms with van der Waals surface area (Å²) < 4.78 is 0. The van der Waals surface area contributed by atoms with E-state index < -0.39 is 0 Å². The molecule has 0 saturated heterocycles. The van der Waals surface area contributed by atoms with Crippen molar-refractivity contribution in [3.63, 3.8) is 0 Å². The summed E-state index contributed by atoms with van der Waals surface area (Å²) in [5, 5.41) is 3.35. The average Bonchev–Trinajstić information content (AvgIpc) is 2.46. The van der Waals surface area contributed by atoms with Crippen molar-refractivity contribution in [2.45, 2.75) is 31.7 Å². The first-order chi connectivity index (χ1) is 9.56. The molecule has 1 heterocycles. The van der Waals surface area contributed by atoms with E-state index in [0.29, 0.717) is 17.5 Å². The van der Waals surface area contributed by atoms with Gasteiger partial charge in [-0.25, -0.2) is 4.98 Å². The maximum absolute atomic E-state index is 11.7. The quantitative estimate of drug-likeness (QED) is 0.878. The normalized spacial score (nSPS) is 22.4. The van der Waals surface area contributed by atoms with E-state index in [1.807, 2.05) is 12.1 Å². The highest BCUT2D eigenvalue weighted by Gasteiger charge is 2.18. The van der Waals surface area contributed by atoms with E-state index >= 15 is 0 Å². The van der Waals surface area contributed by atoms with Gasteiger partial charge in [0.15, 0.2) is 0 Å². The van der Waals surface area contributed by atoms with Crippen LogP contribution in [0.3, 0.4) is 0 Å². The minimum atomic E-state index is -0.0229. The van der Waals surface area contributed by atoms with Crippen molar-refractivity contribution >= 4 is 11.7 Å². The lowest BCUT2D eigenvalue weighted by Gasteiger charge is -2.26. The molecule has 5 heteroatoms. The van der Waals surface area contributed by atoms with E-state index in [9.17, 15) is 4.79 Å². The first kappa shape index (κ1) is 14.8. The van der Waals surface area contributed by atoms with Gasteiger partial charge in [0.2, 0.25) is 0 Å². The largest absolute Gasteiger partial charge is 0.370 e. The summed E-state index contributed by atoms with van der Waals surface area (Å²) in [5.74, 6) is 1.49. The molecule has 1 aromatic heterocycles. The molecule has 1 saturated carbocycles. The van der Waals surface area contributed by atoms with E-state index in [1.165, 1.54) is 12.8 Å². The van der Waals surface area contributed by atoms with Gasteiger partial charge in [0, 0.05) is 32.9 Å². The van der Waals surface area contributed by atoms with Crippen molar-refractivity contribution in [3.05, 3.63) is 23.9 Å². The Morgan fingerprint density at radius 2 is 2.05 bits per heavy atom. The number of carbonyl (C=O) groups excluding carboxylic acids is 1. The third kappa shape index (κ3) is 3.93. The molecule has 0 atom stereocenters. The zero-order valence-corrected chi connectivity index (χ0v) is 12.3. The molecule has 20 heavy (non-hydrogen) atoms. The molecule has 110 valence electrons. The van der Waals surface area contributed by atoms with Gasteiger partial charge in [-0.05, 0) is 43.7 Å². The van der Waals surface area contributed by atoms with Gasteiger partial charge in [0.25, 0.3) is 5.91 Å². The molecule has 1 aliphatic carbocycles. The number of hydrogen-bond acceptors (Lipinski definition) is 4. The average molecular weight is 276 g/mol. The van der Waals surface area contributed by atoms with Crippen LogP contribution in [0.4, 0.5) is 5.82 Å². The Labute approximate surface area is 120 Å². The number of aromatic nitrogens is 1.